The molecular weight excluding hydrogens is 284 g/mol. The Balaban J connectivity index is 2.27. The van der Waals surface area contributed by atoms with E-state index >= 15 is 0 Å². The molecule has 0 spiro atoms. The molecular formula is C21H26O2. The molecule has 2 aromatic rings. The van der Waals surface area contributed by atoms with Crippen molar-refractivity contribution in [2.45, 2.75) is 45.4 Å². The van der Waals surface area contributed by atoms with Gasteiger partial charge < -0.3 is 4.74 Å². The lowest BCUT2D eigenvalue weighted by molar-refractivity contribution is 0.0600. The molecule has 2 nitrogen and oxygen atoms in total. The molecule has 2 heteroatoms. The SMILES string of the molecule is CC[C@@H](c1ccc(C(=O)OC)cc1)c1ccc(C(C)(C)C)cc1. The summed E-state index contributed by atoms with van der Waals surface area (Å²) in [7, 11) is 1.40. The second-order valence-corrected chi connectivity index (χ2v) is 6.95. The minimum Gasteiger partial charge on any atom is -0.465 e. The number of esters is 1. The first-order valence-electron chi connectivity index (χ1n) is 8.15. The molecule has 0 bridgehead atoms. The van der Waals surface area contributed by atoms with E-state index < -0.39 is 0 Å². The molecule has 0 unspecified atom stereocenters. The summed E-state index contributed by atoms with van der Waals surface area (Å²) in [5.74, 6) is 0.0508. The van der Waals surface area contributed by atoms with E-state index in [-0.39, 0.29) is 11.4 Å². The highest BCUT2D eigenvalue weighted by molar-refractivity contribution is 5.89. The van der Waals surface area contributed by atoms with Gasteiger partial charge in [0.2, 0.25) is 0 Å². The summed E-state index contributed by atoms with van der Waals surface area (Å²) in [4.78, 5) is 11.5. The van der Waals surface area contributed by atoms with Crippen LogP contribution in [0.4, 0.5) is 0 Å². The Hall–Kier alpha value is -2.09. The molecule has 122 valence electrons. The van der Waals surface area contributed by atoms with Crippen LogP contribution in [0.1, 0.15) is 67.1 Å². The highest BCUT2D eigenvalue weighted by Gasteiger charge is 2.16. The molecule has 0 saturated carbocycles. The first-order chi connectivity index (χ1) is 10.9. The standard InChI is InChI=1S/C21H26O2/c1-6-19(15-7-9-17(10-8-15)20(22)23-5)16-11-13-18(14-12-16)21(2,3)4/h7-14,19H,6H2,1-5H3/t19-/m0/s1. The summed E-state index contributed by atoms with van der Waals surface area (Å²) in [5.41, 5.74) is 4.64. The number of rotatable bonds is 4. The third-order valence-electron chi connectivity index (χ3n) is 4.32. The zero-order valence-corrected chi connectivity index (χ0v) is 14.7. The zero-order chi connectivity index (χ0) is 17.0. The Morgan fingerprint density at radius 1 is 0.957 bits per heavy atom. The fourth-order valence-electron chi connectivity index (χ4n) is 2.85. The summed E-state index contributed by atoms with van der Waals surface area (Å²) in [5, 5.41) is 0. The van der Waals surface area contributed by atoms with Crippen LogP contribution < -0.4 is 0 Å². The van der Waals surface area contributed by atoms with E-state index in [0.29, 0.717) is 11.5 Å². The van der Waals surface area contributed by atoms with E-state index in [4.69, 9.17) is 4.74 Å². The van der Waals surface area contributed by atoms with Gasteiger partial charge in [0.25, 0.3) is 0 Å². The van der Waals surface area contributed by atoms with Crippen LogP contribution in [0.15, 0.2) is 48.5 Å². The van der Waals surface area contributed by atoms with Crippen molar-refractivity contribution >= 4 is 5.97 Å². The second-order valence-electron chi connectivity index (χ2n) is 6.95. The molecule has 0 radical (unpaired) electrons. The lowest BCUT2D eigenvalue weighted by atomic mass is 9.83. The molecule has 0 fully saturated rings. The van der Waals surface area contributed by atoms with E-state index in [0.717, 1.165) is 6.42 Å². The van der Waals surface area contributed by atoms with Crippen LogP contribution >= 0.6 is 0 Å². The van der Waals surface area contributed by atoms with Crippen LogP contribution in [0.2, 0.25) is 0 Å². The van der Waals surface area contributed by atoms with Gasteiger partial charge in [-0.15, -0.1) is 0 Å². The van der Waals surface area contributed by atoms with Crippen molar-refractivity contribution in [2.75, 3.05) is 7.11 Å². The third kappa shape index (κ3) is 4.01. The molecule has 2 rings (SSSR count). The maximum absolute atomic E-state index is 11.5. The molecule has 0 aromatic heterocycles. The normalized spacial score (nSPS) is 12.7. The average molecular weight is 310 g/mol. The van der Waals surface area contributed by atoms with Crippen molar-refractivity contribution in [3.8, 4) is 0 Å². The van der Waals surface area contributed by atoms with Crippen molar-refractivity contribution in [3.63, 3.8) is 0 Å². The predicted molar refractivity (Wildman–Crippen MR) is 95.1 cm³/mol. The molecule has 0 heterocycles. The Morgan fingerprint density at radius 3 is 1.83 bits per heavy atom. The van der Waals surface area contributed by atoms with Gasteiger partial charge in [-0.1, -0.05) is 64.1 Å². The van der Waals surface area contributed by atoms with Crippen LogP contribution in [0.25, 0.3) is 0 Å². The van der Waals surface area contributed by atoms with Crippen LogP contribution in [0.5, 0.6) is 0 Å². The summed E-state index contributed by atoms with van der Waals surface area (Å²) >= 11 is 0. The van der Waals surface area contributed by atoms with E-state index in [1.54, 1.807) is 0 Å². The van der Waals surface area contributed by atoms with Crippen LogP contribution in [0, 0.1) is 0 Å². The fraction of sp³-hybridized carbons (Fsp3) is 0.381. The predicted octanol–water partition coefficient (Wildman–Crippen LogP) is 5.31. The maximum Gasteiger partial charge on any atom is 0.337 e. The smallest absolute Gasteiger partial charge is 0.337 e. The Labute approximate surface area is 139 Å². The Bertz CT molecular complexity index is 646. The number of ether oxygens (including phenoxy) is 1. The third-order valence-corrected chi connectivity index (χ3v) is 4.32. The summed E-state index contributed by atoms with van der Waals surface area (Å²) in [6.07, 6.45) is 1.02. The number of methoxy groups -OCH3 is 1. The monoisotopic (exact) mass is 310 g/mol. The molecule has 0 aliphatic carbocycles. The highest BCUT2D eigenvalue weighted by Crippen LogP contribution is 2.30. The number of hydrogen-bond donors (Lipinski definition) is 0. The summed E-state index contributed by atoms with van der Waals surface area (Å²) < 4.78 is 4.75. The first kappa shape index (κ1) is 17.3. The van der Waals surface area contributed by atoms with Crippen molar-refractivity contribution in [2.24, 2.45) is 0 Å². The fourth-order valence-corrected chi connectivity index (χ4v) is 2.85. The van der Waals surface area contributed by atoms with E-state index in [9.17, 15) is 4.79 Å². The maximum atomic E-state index is 11.5. The van der Waals surface area contributed by atoms with Gasteiger partial charge in [0, 0.05) is 5.92 Å². The van der Waals surface area contributed by atoms with Gasteiger partial charge in [-0.2, -0.15) is 0 Å². The van der Waals surface area contributed by atoms with Gasteiger partial charge in [0.1, 0.15) is 0 Å². The van der Waals surface area contributed by atoms with E-state index in [2.05, 4.69) is 52.0 Å². The largest absolute Gasteiger partial charge is 0.465 e. The van der Waals surface area contributed by atoms with Crippen LogP contribution in [-0.4, -0.2) is 13.1 Å². The lowest BCUT2D eigenvalue weighted by Gasteiger charge is -2.21. The molecule has 2 aromatic carbocycles. The van der Waals surface area contributed by atoms with Crippen LogP contribution in [-0.2, 0) is 10.2 Å². The number of carbonyl (C=O) groups excluding carboxylic acids is 1. The lowest BCUT2D eigenvalue weighted by Crippen LogP contribution is -2.11. The highest BCUT2D eigenvalue weighted by atomic mass is 16.5. The average Bonchev–Trinajstić information content (AvgIpc) is 2.55. The summed E-state index contributed by atoms with van der Waals surface area (Å²) in [6.45, 7) is 8.87. The van der Waals surface area contributed by atoms with Gasteiger partial charge in [-0.25, -0.2) is 4.79 Å². The molecule has 0 aliphatic heterocycles. The quantitative estimate of drug-likeness (QED) is 0.715. The van der Waals surface area contributed by atoms with Crippen LogP contribution in [0.3, 0.4) is 0 Å². The molecule has 0 saturated heterocycles. The van der Waals surface area contributed by atoms with Gasteiger partial charge in [-0.3, -0.25) is 0 Å². The summed E-state index contributed by atoms with van der Waals surface area (Å²) in [6, 6.07) is 16.6. The minimum atomic E-state index is -0.292. The number of hydrogen-bond acceptors (Lipinski definition) is 2. The number of carbonyl (C=O) groups is 1. The van der Waals surface area contributed by atoms with E-state index in [1.807, 2.05) is 24.3 Å². The second kappa shape index (κ2) is 6.99. The van der Waals surface area contributed by atoms with Gasteiger partial charge in [0.15, 0.2) is 0 Å². The van der Waals surface area contributed by atoms with Gasteiger partial charge >= 0.3 is 5.97 Å². The minimum absolute atomic E-state index is 0.169. The number of benzene rings is 2. The van der Waals surface area contributed by atoms with Crippen molar-refractivity contribution in [3.05, 3.63) is 70.8 Å². The first-order valence-corrected chi connectivity index (χ1v) is 8.15. The van der Waals surface area contributed by atoms with Crippen molar-refractivity contribution in [1.29, 1.82) is 0 Å². The molecule has 0 amide bonds. The zero-order valence-electron chi connectivity index (χ0n) is 14.7. The molecule has 23 heavy (non-hydrogen) atoms. The van der Waals surface area contributed by atoms with Crippen molar-refractivity contribution in [1.82, 2.24) is 0 Å². The van der Waals surface area contributed by atoms with E-state index in [1.165, 1.54) is 23.8 Å². The Kier molecular flexibility index (Phi) is 5.25. The van der Waals surface area contributed by atoms with Gasteiger partial charge in [0.05, 0.1) is 12.7 Å². The molecule has 0 aliphatic rings. The Morgan fingerprint density at radius 2 is 1.43 bits per heavy atom. The van der Waals surface area contributed by atoms with Crippen molar-refractivity contribution < 1.29 is 9.53 Å². The topological polar surface area (TPSA) is 26.3 Å². The molecule has 1 atom stereocenters. The molecule has 0 N–H and O–H groups in total. The van der Waals surface area contributed by atoms with Gasteiger partial charge in [-0.05, 0) is 40.7 Å².